The summed E-state index contributed by atoms with van der Waals surface area (Å²) in [5.74, 6) is -0.804. The molecular weight excluding hydrogens is 246 g/mol. The van der Waals surface area contributed by atoms with Crippen LogP contribution in [0.2, 0.25) is 0 Å². The van der Waals surface area contributed by atoms with Crippen LogP contribution in [0.3, 0.4) is 0 Å². The molecule has 6 nitrogen and oxygen atoms in total. The minimum atomic E-state index is -0.311. The standard InChI is InChI=1S/C13H15N3O3/c14-6-5-11(17)15-7-8-16-12(18)9-3-1-2-4-10(9)13(16)19/h1-4H,5-8,14H2,(H,15,17). The Morgan fingerprint density at radius 3 is 2.26 bits per heavy atom. The maximum Gasteiger partial charge on any atom is 0.261 e. The lowest BCUT2D eigenvalue weighted by atomic mass is 10.1. The topological polar surface area (TPSA) is 92.5 Å². The van der Waals surface area contributed by atoms with Crippen LogP contribution in [0.5, 0.6) is 0 Å². The summed E-state index contributed by atoms with van der Waals surface area (Å²) in [7, 11) is 0. The first-order valence-corrected chi connectivity index (χ1v) is 6.07. The Balaban J connectivity index is 1.95. The maximum atomic E-state index is 12.0. The van der Waals surface area contributed by atoms with Crippen LogP contribution in [-0.2, 0) is 4.79 Å². The van der Waals surface area contributed by atoms with Gasteiger partial charge in [0, 0.05) is 26.1 Å². The molecule has 0 saturated heterocycles. The third-order valence-corrected chi connectivity index (χ3v) is 2.91. The number of benzene rings is 1. The van der Waals surface area contributed by atoms with Gasteiger partial charge in [-0.15, -0.1) is 0 Å². The third-order valence-electron chi connectivity index (χ3n) is 2.91. The second-order valence-corrected chi connectivity index (χ2v) is 4.20. The number of fused-ring (bicyclic) bond motifs is 1. The van der Waals surface area contributed by atoms with Crippen molar-refractivity contribution in [2.75, 3.05) is 19.6 Å². The number of nitrogens with two attached hydrogens (primary N) is 1. The van der Waals surface area contributed by atoms with E-state index in [2.05, 4.69) is 5.32 Å². The van der Waals surface area contributed by atoms with Gasteiger partial charge in [0.05, 0.1) is 11.1 Å². The van der Waals surface area contributed by atoms with Crippen molar-refractivity contribution < 1.29 is 14.4 Å². The zero-order chi connectivity index (χ0) is 13.8. The Kier molecular flexibility index (Phi) is 3.91. The van der Waals surface area contributed by atoms with Crippen LogP contribution in [0.15, 0.2) is 24.3 Å². The van der Waals surface area contributed by atoms with Gasteiger partial charge >= 0.3 is 0 Å². The Hall–Kier alpha value is -2.21. The number of carbonyl (C=O) groups is 3. The summed E-state index contributed by atoms with van der Waals surface area (Å²) in [5.41, 5.74) is 6.08. The van der Waals surface area contributed by atoms with Crippen LogP contribution in [0, 0.1) is 0 Å². The summed E-state index contributed by atoms with van der Waals surface area (Å²) < 4.78 is 0. The van der Waals surface area contributed by atoms with Crippen molar-refractivity contribution in [2.24, 2.45) is 5.73 Å². The zero-order valence-electron chi connectivity index (χ0n) is 10.4. The molecule has 0 saturated carbocycles. The van der Waals surface area contributed by atoms with E-state index in [0.717, 1.165) is 4.90 Å². The molecular formula is C13H15N3O3. The third kappa shape index (κ3) is 2.63. The van der Waals surface area contributed by atoms with E-state index in [-0.39, 0.29) is 43.8 Å². The molecule has 0 atom stereocenters. The second kappa shape index (κ2) is 5.62. The van der Waals surface area contributed by atoms with E-state index < -0.39 is 0 Å². The van der Waals surface area contributed by atoms with Crippen molar-refractivity contribution in [1.82, 2.24) is 10.2 Å². The van der Waals surface area contributed by atoms with E-state index in [1.807, 2.05) is 0 Å². The lowest BCUT2D eigenvalue weighted by Gasteiger charge is -2.14. The van der Waals surface area contributed by atoms with Gasteiger partial charge in [-0.25, -0.2) is 0 Å². The summed E-state index contributed by atoms with van der Waals surface area (Å²) in [4.78, 5) is 36.3. The fourth-order valence-electron chi connectivity index (χ4n) is 1.97. The zero-order valence-corrected chi connectivity index (χ0v) is 10.4. The summed E-state index contributed by atoms with van der Waals surface area (Å²) in [6, 6.07) is 6.69. The van der Waals surface area contributed by atoms with E-state index in [4.69, 9.17) is 5.73 Å². The van der Waals surface area contributed by atoms with Crippen LogP contribution in [0.4, 0.5) is 0 Å². The number of hydrogen-bond acceptors (Lipinski definition) is 4. The smallest absolute Gasteiger partial charge is 0.261 e. The average molecular weight is 261 g/mol. The molecule has 100 valence electrons. The quantitative estimate of drug-likeness (QED) is 0.715. The minimum absolute atomic E-state index is 0.169. The van der Waals surface area contributed by atoms with Gasteiger partial charge in [-0.05, 0) is 12.1 Å². The van der Waals surface area contributed by atoms with Gasteiger partial charge in [-0.1, -0.05) is 12.1 Å². The van der Waals surface area contributed by atoms with Crippen molar-refractivity contribution in [2.45, 2.75) is 6.42 Å². The number of carbonyl (C=O) groups excluding carboxylic acids is 3. The molecule has 0 radical (unpaired) electrons. The SMILES string of the molecule is NCCC(=O)NCCN1C(=O)c2ccccc2C1=O. The molecule has 1 aliphatic rings. The van der Waals surface area contributed by atoms with Crippen molar-refractivity contribution in [3.05, 3.63) is 35.4 Å². The molecule has 0 aliphatic carbocycles. The highest BCUT2D eigenvalue weighted by Gasteiger charge is 2.34. The van der Waals surface area contributed by atoms with Gasteiger partial charge in [0.1, 0.15) is 0 Å². The van der Waals surface area contributed by atoms with E-state index >= 15 is 0 Å². The van der Waals surface area contributed by atoms with Crippen molar-refractivity contribution in [3.8, 4) is 0 Å². The van der Waals surface area contributed by atoms with Gasteiger partial charge in [0.2, 0.25) is 5.91 Å². The summed E-state index contributed by atoms with van der Waals surface area (Å²) >= 11 is 0. The van der Waals surface area contributed by atoms with Crippen molar-refractivity contribution >= 4 is 17.7 Å². The van der Waals surface area contributed by atoms with E-state index in [0.29, 0.717) is 11.1 Å². The molecule has 2 rings (SSSR count). The number of imide groups is 1. The van der Waals surface area contributed by atoms with Gasteiger partial charge in [-0.2, -0.15) is 0 Å². The van der Waals surface area contributed by atoms with Gasteiger partial charge in [0.15, 0.2) is 0 Å². The van der Waals surface area contributed by atoms with Crippen LogP contribution >= 0.6 is 0 Å². The first kappa shape index (κ1) is 13.2. The Bertz CT molecular complexity index is 493. The fourth-order valence-corrected chi connectivity index (χ4v) is 1.97. The van der Waals surface area contributed by atoms with Crippen molar-refractivity contribution in [1.29, 1.82) is 0 Å². The minimum Gasteiger partial charge on any atom is -0.354 e. The fraction of sp³-hybridized carbons (Fsp3) is 0.308. The lowest BCUT2D eigenvalue weighted by Crippen LogP contribution is -2.38. The number of rotatable bonds is 5. The first-order chi connectivity index (χ1) is 9.15. The van der Waals surface area contributed by atoms with Gasteiger partial charge in [0.25, 0.3) is 11.8 Å². The second-order valence-electron chi connectivity index (χ2n) is 4.20. The normalized spacial score (nSPS) is 13.6. The van der Waals surface area contributed by atoms with Crippen LogP contribution in [0.1, 0.15) is 27.1 Å². The lowest BCUT2D eigenvalue weighted by molar-refractivity contribution is -0.120. The molecule has 0 bridgehead atoms. The average Bonchev–Trinajstić information content (AvgIpc) is 2.65. The van der Waals surface area contributed by atoms with E-state index in [9.17, 15) is 14.4 Å². The van der Waals surface area contributed by atoms with Crippen LogP contribution in [0.25, 0.3) is 0 Å². The predicted molar refractivity (Wildman–Crippen MR) is 68.5 cm³/mol. The predicted octanol–water partition coefficient (Wildman–Crippen LogP) is -0.252. The summed E-state index contributed by atoms with van der Waals surface area (Å²) in [5, 5.41) is 2.61. The van der Waals surface area contributed by atoms with Crippen molar-refractivity contribution in [3.63, 3.8) is 0 Å². The highest BCUT2D eigenvalue weighted by molar-refractivity contribution is 6.21. The molecule has 1 aromatic rings. The molecule has 1 heterocycles. The molecule has 0 aromatic heterocycles. The largest absolute Gasteiger partial charge is 0.354 e. The molecule has 0 fully saturated rings. The number of amides is 3. The Morgan fingerprint density at radius 2 is 1.74 bits per heavy atom. The number of nitrogens with zero attached hydrogens (tertiary/aromatic N) is 1. The molecule has 0 spiro atoms. The molecule has 1 aromatic carbocycles. The molecule has 3 N–H and O–H groups in total. The molecule has 3 amide bonds. The maximum absolute atomic E-state index is 12.0. The number of hydrogen-bond donors (Lipinski definition) is 2. The van der Waals surface area contributed by atoms with Gasteiger partial charge < -0.3 is 11.1 Å². The first-order valence-electron chi connectivity index (χ1n) is 6.07. The van der Waals surface area contributed by atoms with E-state index in [1.165, 1.54) is 0 Å². The molecule has 6 heteroatoms. The highest BCUT2D eigenvalue weighted by Crippen LogP contribution is 2.21. The highest BCUT2D eigenvalue weighted by atomic mass is 16.2. The molecule has 1 aliphatic heterocycles. The number of nitrogens with one attached hydrogen (secondary N) is 1. The molecule has 0 unspecified atom stereocenters. The van der Waals surface area contributed by atoms with Crippen LogP contribution in [-0.4, -0.2) is 42.3 Å². The van der Waals surface area contributed by atoms with Crippen LogP contribution < -0.4 is 11.1 Å². The summed E-state index contributed by atoms with van der Waals surface area (Å²) in [6.07, 6.45) is 0.238. The Morgan fingerprint density at radius 1 is 1.16 bits per heavy atom. The monoisotopic (exact) mass is 261 g/mol. The Labute approximate surface area is 110 Å². The van der Waals surface area contributed by atoms with E-state index in [1.54, 1.807) is 24.3 Å². The van der Waals surface area contributed by atoms with Gasteiger partial charge in [-0.3, -0.25) is 19.3 Å². The molecule has 19 heavy (non-hydrogen) atoms. The summed E-state index contributed by atoms with van der Waals surface area (Å²) in [6.45, 7) is 0.686.